The predicted octanol–water partition coefficient (Wildman–Crippen LogP) is 3.73. The van der Waals surface area contributed by atoms with Gasteiger partial charge in [0.2, 0.25) is 0 Å². The van der Waals surface area contributed by atoms with Crippen molar-refractivity contribution in [3.05, 3.63) is 61.2 Å². The van der Waals surface area contributed by atoms with Crippen molar-refractivity contribution in [1.82, 2.24) is 5.32 Å². The summed E-state index contributed by atoms with van der Waals surface area (Å²) >= 11 is 7.50. The van der Waals surface area contributed by atoms with Crippen LogP contribution in [0.3, 0.4) is 0 Å². The van der Waals surface area contributed by atoms with Gasteiger partial charge in [0.25, 0.3) is 11.6 Å². The summed E-state index contributed by atoms with van der Waals surface area (Å²) in [6.45, 7) is 4.19. The van der Waals surface area contributed by atoms with E-state index in [2.05, 4.69) is 33.2 Å². The fourth-order valence-electron chi connectivity index (χ4n) is 3.19. The van der Waals surface area contributed by atoms with Crippen molar-refractivity contribution in [2.75, 3.05) is 36.5 Å². The van der Waals surface area contributed by atoms with Gasteiger partial charge in [-0.25, -0.2) is 0 Å². The highest BCUT2D eigenvalue weighted by Gasteiger charge is 2.23. The van der Waals surface area contributed by atoms with Crippen molar-refractivity contribution >= 4 is 62.9 Å². The number of hydrogen-bond donors (Lipinski definition) is 2. The molecule has 1 heterocycles. The van der Waals surface area contributed by atoms with E-state index < -0.39 is 10.8 Å². The minimum atomic E-state index is -0.507. The SMILES string of the molecule is CCc1cc(I)ccc1NC(=S)NC(=O)c1ccc(N2CCOCC2)c([N+](=O)[O-])c1. The molecule has 0 bridgehead atoms. The third kappa shape index (κ3) is 5.43. The van der Waals surface area contributed by atoms with E-state index in [4.69, 9.17) is 17.0 Å². The highest BCUT2D eigenvalue weighted by molar-refractivity contribution is 14.1. The third-order valence-electron chi connectivity index (χ3n) is 4.71. The standard InChI is InChI=1S/C20H21IN4O4S/c1-2-13-11-15(21)4-5-16(13)22-20(30)23-19(26)14-3-6-17(18(12-14)25(27)28)24-7-9-29-10-8-24/h3-6,11-12H,2,7-10H2,1H3,(H2,22,23,26,30). The molecule has 0 unspecified atom stereocenters. The van der Waals surface area contributed by atoms with Crippen LogP contribution in [0.15, 0.2) is 36.4 Å². The van der Waals surface area contributed by atoms with E-state index in [1.54, 1.807) is 12.1 Å². The highest BCUT2D eigenvalue weighted by Crippen LogP contribution is 2.30. The normalized spacial score (nSPS) is 13.6. The number of aryl methyl sites for hydroxylation is 1. The van der Waals surface area contributed by atoms with Gasteiger partial charge in [-0.05, 0) is 77.1 Å². The Labute approximate surface area is 193 Å². The van der Waals surface area contributed by atoms with Gasteiger partial charge in [0.1, 0.15) is 5.69 Å². The minimum Gasteiger partial charge on any atom is -0.378 e. The largest absolute Gasteiger partial charge is 0.378 e. The summed E-state index contributed by atoms with van der Waals surface area (Å²) in [6, 6.07) is 10.3. The molecule has 1 amide bonds. The number of ether oxygens (including phenoxy) is 1. The van der Waals surface area contributed by atoms with Crippen LogP contribution in [0, 0.1) is 13.7 Å². The second kappa shape index (κ2) is 10.1. The van der Waals surface area contributed by atoms with Gasteiger partial charge in [-0.15, -0.1) is 0 Å². The van der Waals surface area contributed by atoms with E-state index in [0.29, 0.717) is 32.0 Å². The molecule has 1 fully saturated rings. The topological polar surface area (TPSA) is 96.7 Å². The van der Waals surface area contributed by atoms with Crippen molar-refractivity contribution in [2.24, 2.45) is 0 Å². The van der Waals surface area contributed by atoms with Crippen LogP contribution < -0.4 is 15.5 Å². The first-order valence-electron chi connectivity index (χ1n) is 9.41. The van der Waals surface area contributed by atoms with Crippen molar-refractivity contribution in [2.45, 2.75) is 13.3 Å². The van der Waals surface area contributed by atoms with Crippen molar-refractivity contribution in [3.63, 3.8) is 0 Å². The van der Waals surface area contributed by atoms with Crippen LogP contribution in [0.2, 0.25) is 0 Å². The maximum Gasteiger partial charge on any atom is 0.293 e. The maximum absolute atomic E-state index is 12.6. The monoisotopic (exact) mass is 540 g/mol. The molecule has 0 saturated carbocycles. The van der Waals surface area contributed by atoms with Crippen LogP contribution in [-0.4, -0.2) is 42.2 Å². The predicted molar refractivity (Wildman–Crippen MR) is 128 cm³/mol. The maximum atomic E-state index is 12.6. The summed E-state index contributed by atoms with van der Waals surface area (Å²) < 4.78 is 6.41. The van der Waals surface area contributed by atoms with Gasteiger partial charge in [0, 0.05) is 34.0 Å². The number of carbonyl (C=O) groups is 1. The number of hydrogen-bond acceptors (Lipinski definition) is 6. The van der Waals surface area contributed by atoms with Gasteiger partial charge in [-0.1, -0.05) is 6.92 Å². The van der Waals surface area contributed by atoms with E-state index in [0.717, 1.165) is 21.2 Å². The first kappa shape index (κ1) is 22.4. The van der Waals surface area contributed by atoms with Crippen molar-refractivity contribution in [1.29, 1.82) is 0 Å². The Morgan fingerprint density at radius 1 is 1.27 bits per heavy atom. The Balaban J connectivity index is 1.74. The van der Waals surface area contributed by atoms with E-state index >= 15 is 0 Å². The lowest BCUT2D eigenvalue weighted by atomic mass is 10.1. The lowest BCUT2D eigenvalue weighted by Crippen LogP contribution is -2.37. The first-order valence-corrected chi connectivity index (χ1v) is 10.9. The van der Waals surface area contributed by atoms with Gasteiger partial charge in [0.05, 0.1) is 18.1 Å². The van der Waals surface area contributed by atoms with Gasteiger partial charge in [0.15, 0.2) is 5.11 Å². The van der Waals surface area contributed by atoms with Crippen LogP contribution in [0.5, 0.6) is 0 Å². The third-order valence-corrected chi connectivity index (χ3v) is 5.58. The lowest BCUT2D eigenvalue weighted by molar-refractivity contribution is -0.384. The molecule has 0 spiro atoms. The molecule has 0 aromatic heterocycles. The van der Waals surface area contributed by atoms with Gasteiger partial charge in [-0.3, -0.25) is 20.2 Å². The molecule has 0 radical (unpaired) electrons. The summed E-state index contributed by atoms with van der Waals surface area (Å²) in [5.74, 6) is -0.507. The number of anilines is 2. The van der Waals surface area contributed by atoms with Crippen LogP contribution in [-0.2, 0) is 11.2 Å². The summed E-state index contributed by atoms with van der Waals surface area (Å²) in [6.07, 6.45) is 0.810. The van der Waals surface area contributed by atoms with Crippen LogP contribution >= 0.6 is 34.8 Å². The number of amides is 1. The molecule has 30 heavy (non-hydrogen) atoms. The zero-order valence-electron chi connectivity index (χ0n) is 16.3. The number of nitrogens with one attached hydrogen (secondary N) is 2. The number of benzene rings is 2. The van der Waals surface area contributed by atoms with Crippen molar-refractivity contribution < 1.29 is 14.5 Å². The zero-order valence-corrected chi connectivity index (χ0v) is 19.3. The highest BCUT2D eigenvalue weighted by atomic mass is 127. The Hall–Kier alpha value is -2.31. The average molecular weight is 540 g/mol. The number of nitrogens with zero attached hydrogens (tertiary/aromatic N) is 2. The second-order valence-corrected chi connectivity index (χ2v) is 8.28. The molecule has 2 aromatic carbocycles. The Kier molecular flexibility index (Phi) is 7.56. The van der Waals surface area contributed by atoms with Gasteiger partial charge in [-0.2, -0.15) is 0 Å². The van der Waals surface area contributed by atoms with Crippen LogP contribution in [0.25, 0.3) is 0 Å². The molecular weight excluding hydrogens is 519 g/mol. The number of rotatable bonds is 5. The molecule has 1 aliphatic rings. The van der Waals surface area contributed by atoms with Crippen LogP contribution in [0.1, 0.15) is 22.8 Å². The minimum absolute atomic E-state index is 0.116. The number of carbonyl (C=O) groups excluding carboxylic acids is 1. The molecular formula is C20H21IN4O4S. The zero-order chi connectivity index (χ0) is 21.7. The number of nitro benzene ring substituents is 1. The summed E-state index contributed by atoms with van der Waals surface area (Å²) in [5.41, 5.74) is 2.42. The van der Waals surface area contributed by atoms with Gasteiger partial charge >= 0.3 is 0 Å². The summed E-state index contributed by atoms with van der Waals surface area (Å²) in [4.78, 5) is 25.6. The van der Waals surface area contributed by atoms with E-state index in [9.17, 15) is 14.9 Å². The Morgan fingerprint density at radius 2 is 2.00 bits per heavy atom. The number of morpholine rings is 1. The molecule has 2 N–H and O–H groups in total. The molecule has 2 aromatic rings. The number of nitro groups is 1. The fraction of sp³-hybridized carbons (Fsp3) is 0.300. The lowest BCUT2D eigenvalue weighted by Gasteiger charge is -2.28. The number of halogens is 1. The van der Waals surface area contributed by atoms with Crippen molar-refractivity contribution in [3.8, 4) is 0 Å². The smallest absolute Gasteiger partial charge is 0.293 e. The average Bonchev–Trinajstić information content (AvgIpc) is 2.75. The molecule has 0 atom stereocenters. The van der Waals surface area contributed by atoms with Crippen LogP contribution in [0.4, 0.5) is 17.1 Å². The molecule has 158 valence electrons. The second-order valence-electron chi connectivity index (χ2n) is 6.62. The quantitative estimate of drug-likeness (QED) is 0.258. The summed E-state index contributed by atoms with van der Waals surface area (Å²) in [5, 5.41) is 17.3. The Bertz CT molecular complexity index is 979. The van der Waals surface area contributed by atoms with Gasteiger partial charge < -0.3 is 15.0 Å². The molecule has 3 rings (SSSR count). The Morgan fingerprint density at radius 3 is 2.67 bits per heavy atom. The fourth-order valence-corrected chi connectivity index (χ4v) is 3.95. The van der Waals surface area contributed by atoms with E-state index in [-0.39, 0.29) is 16.4 Å². The molecule has 1 aliphatic heterocycles. The molecule has 1 saturated heterocycles. The van der Waals surface area contributed by atoms with E-state index in [1.165, 1.54) is 6.07 Å². The summed E-state index contributed by atoms with van der Waals surface area (Å²) in [7, 11) is 0. The molecule has 10 heteroatoms. The molecule has 8 nitrogen and oxygen atoms in total. The molecule has 0 aliphatic carbocycles. The number of thiocarbonyl (C=S) groups is 1. The first-order chi connectivity index (χ1) is 14.4. The van der Waals surface area contributed by atoms with E-state index in [1.807, 2.05) is 30.0 Å².